The number of aryl methyl sites for hydroxylation is 1. The standard InChI is InChI=1S/C19H25N3O5S2/c1-4-13-7-8-15-16(10-13)28-19(22(15)12-17(23)27-2)20-18(24)14-6-5-9-21(11-14)29(3,25)26/h7-8,10,14H,4-6,9,11-12H2,1-3H3. The topological polar surface area (TPSA) is 98.0 Å². The highest BCUT2D eigenvalue weighted by Crippen LogP contribution is 2.22. The zero-order valence-corrected chi connectivity index (χ0v) is 18.4. The molecule has 0 aliphatic carbocycles. The van der Waals surface area contributed by atoms with Crippen molar-refractivity contribution in [2.24, 2.45) is 10.9 Å². The predicted molar refractivity (Wildman–Crippen MR) is 111 cm³/mol. The van der Waals surface area contributed by atoms with Crippen LogP contribution in [0.15, 0.2) is 23.2 Å². The Morgan fingerprint density at radius 3 is 2.76 bits per heavy atom. The van der Waals surface area contributed by atoms with Crippen molar-refractivity contribution in [1.82, 2.24) is 8.87 Å². The van der Waals surface area contributed by atoms with Gasteiger partial charge in [0, 0.05) is 13.1 Å². The Bertz CT molecular complexity index is 1100. The Morgan fingerprint density at radius 2 is 2.10 bits per heavy atom. The maximum atomic E-state index is 12.8. The summed E-state index contributed by atoms with van der Waals surface area (Å²) >= 11 is 1.34. The quantitative estimate of drug-likeness (QED) is 0.658. The first kappa shape index (κ1) is 21.7. The number of nitrogens with zero attached hydrogens (tertiary/aromatic N) is 3. The molecule has 0 bridgehead atoms. The number of carbonyl (C=O) groups excluding carboxylic acids is 2. The lowest BCUT2D eigenvalue weighted by Gasteiger charge is -2.28. The molecule has 1 fully saturated rings. The second-order valence-electron chi connectivity index (χ2n) is 7.11. The van der Waals surface area contributed by atoms with Gasteiger partial charge in [0.1, 0.15) is 6.54 Å². The molecule has 8 nitrogen and oxygen atoms in total. The minimum atomic E-state index is -3.35. The molecule has 1 aromatic heterocycles. The first-order valence-electron chi connectivity index (χ1n) is 9.45. The van der Waals surface area contributed by atoms with Gasteiger partial charge in [0.25, 0.3) is 5.91 Å². The Hall–Kier alpha value is -2.04. The minimum Gasteiger partial charge on any atom is -0.468 e. The van der Waals surface area contributed by atoms with E-state index in [1.807, 2.05) is 18.2 Å². The van der Waals surface area contributed by atoms with Gasteiger partial charge in [-0.15, -0.1) is 0 Å². The van der Waals surface area contributed by atoms with E-state index in [1.54, 1.807) is 4.57 Å². The monoisotopic (exact) mass is 439 g/mol. The molecular weight excluding hydrogens is 414 g/mol. The maximum Gasteiger partial charge on any atom is 0.325 e. The van der Waals surface area contributed by atoms with Crippen LogP contribution in [0, 0.1) is 5.92 Å². The van der Waals surface area contributed by atoms with Crippen molar-refractivity contribution < 1.29 is 22.7 Å². The molecule has 1 aliphatic heterocycles. The molecule has 2 heterocycles. The van der Waals surface area contributed by atoms with Crippen molar-refractivity contribution in [2.45, 2.75) is 32.7 Å². The highest BCUT2D eigenvalue weighted by atomic mass is 32.2. The lowest BCUT2D eigenvalue weighted by atomic mass is 9.99. The first-order valence-corrected chi connectivity index (χ1v) is 12.1. The third-order valence-corrected chi connectivity index (χ3v) is 7.39. The van der Waals surface area contributed by atoms with E-state index in [9.17, 15) is 18.0 Å². The molecule has 0 saturated carbocycles. The van der Waals surface area contributed by atoms with E-state index in [0.717, 1.165) is 28.5 Å². The summed E-state index contributed by atoms with van der Waals surface area (Å²) in [6.45, 7) is 2.58. The van der Waals surface area contributed by atoms with Crippen LogP contribution in [0.4, 0.5) is 0 Å². The second kappa shape index (κ2) is 8.76. The Kier molecular flexibility index (Phi) is 6.55. The predicted octanol–water partition coefficient (Wildman–Crippen LogP) is 1.54. The van der Waals surface area contributed by atoms with Crippen LogP contribution in [0.5, 0.6) is 0 Å². The molecule has 1 amide bonds. The average molecular weight is 440 g/mol. The Labute approximate surface area is 173 Å². The van der Waals surface area contributed by atoms with Crippen molar-refractivity contribution >= 4 is 43.5 Å². The number of fused-ring (bicyclic) bond motifs is 1. The normalized spacial score (nSPS) is 18.9. The van der Waals surface area contributed by atoms with E-state index in [0.29, 0.717) is 24.2 Å². The molecule has 1 saturated heterocycles. The number of carbonyl (C=O) groups is 2. The number of esters is 1. The van der Waals surface area contributed by atoms with E-state index < -0.39 is 21.9 Å². The van der Waals surface area contributed by atoms with Crippen LogP contribution in [-0.4, -0.2) is 55.6 Å². The molecule has 0 radical (unpaired) electrons. The number of thiazole rings is 1. The van der Waals surface area contributed by atoms with Gasteiger partial charge < -0.3 is 9.30 Å². The molecule has 1 unspecified atom stereocenters. The molecule has 2 aromatic rings. The molecular formula is C19H25N3O5S2. The summed E-state index contributed by atoms with van der Waals surface area (Å²) in [4.78, 5) is 29.4. The third-order valence-electron chi connectivity index (χ3n) is 5.08. The molecule has 0 N–H and O–H groups in total. The maximum absolute atomic E-state index is 12.8. The summed E-state index contributed by atoms with van der Waals surface area (Å²) in [6.07, 6.45) is 3.24. The van der Waals surface area contributed by atoms with Gasteiger partial charge >= 0.3 is 5.97 Å². The number of aromatic nitrogens is 1. The number of piperidine rings is 1. The van der Waals surface area contributed by atoms with Gasteiger partial charge in [-0.1, -0.05) is 24.3 Å². The van der Waals surface area contributed by atoms with Crippen LogP contribution in [0.3, 0.4) is 0 Å². The van der Waals surface area contributed by atoms with Gasteiger partial charge in [-0.3, -0.25) is 9.59 Å². The van der Waals surface area contributed by atoms with Gasteiger partial charge in [-0.05, 0) is 37.0 Å². The lowest BCUT2D eigenvalue weighted by molar-refractivity contribution is -0.141. The SMILES string of the molecule is CCc1ccc2c(c1)sc(=NC(=O)C1CCCN(S(C)(=O)=O)C1)n2CC(=O)OC. The Morgan fingerprint density at radius 1 is 1.34 bits per heavy atom. The summed E-state index contributed by atoms with van der Waals surface area (Å²) in [5, 5.41) is 0. The zero-order chi connectivity index (χ0) is 21.2. The van der Waals surface area contributed by atoms with Crippen LogP contribution < -0.4 is 4.80 Å². The number of ether oxygens (including phenoxy) is 1. The van der Waals surface area contributed by atoms with Crippen LogP contribution in [-0.2, 0) is 37.3 Å². The largest absolute Gasteiger partial charge is 0.468 e. The average Bonchev–Trinajstić information content (AvgIpc) is 3.03. The van der Waals surface area contributed by atoms with E-state index >= 15 is 0 Å². The van der Waals surface area contributed by atoms with Crippen molar-refractivity contribution in [3.8, 4) is 0 Å². The molecule has 1 aromatic carbocycles. The Balaban J connectivity index is 2.00. The molecule has 1 aliphatic rings. The highest BCUT2D eigenvalue weighted by Gasteiger charge is 2.30. The first-order chi connectivity index (χ1) is 13.7. The van der Waals surface area contributed by atoms with Gasteiger partial charge in [0.05, 0.1) is 29.5 Å². The van der Waals surface area contributed by atoms with Crippen LogP contribution in [0.2, 0.25) is 0 Å². The van der Waals surface area contributed by atoms with E-state index in [2.05, 4.69) is 11.9 Å². The summed E-state index contributed by atoms with van der Waals surface area (Å²) < 4.78 is 32.4. The number of benzene rings is 1. The van der Waals surface area contributed by atoms with Gasteiger partial charge in [-0.25, -0.2) is 12.7 Å². The number of amides is 1. The van der Waals surface area contributed by atoms with Crippen LogP contribution in [0.1, 0.15) is 25.3 Å². The fraction of sp³-hybridized carbons (Fsp3) is 0.526. The van der Waals surface area contributed by atoms with Crippen LogP contribution >= 0.6 is 11.3 Å². The zero-order valence-electron chi connectivity index (χ0n) is 16.8. The summed E-state index contributed by atoms with van der Waals surface area (Å²) in [5.74, 6) is -1.28. The molecule has 10 heteroatoms. The number of methoxy groups -OCH3 is 1. The second-order valence-corrected chi connectivity index (χ2v) is 10.1. The third kappa shape index (κ3) is 4.93. The fourth-order valence-electron chi connectivity index (χ4n) is 3.40. The van der Waals surface area contributed by atoms with E-state index in [4.69, 9.17) is 4.74 Å². The van der Waals surface area contributed by atoms with Crippen molar-refractivity contribution in [2.75, 3.05) is 26.5 Å². The molecule has 29 heavy (non-hydrogen) atoms. The highest BCUT2D eigenvalue weighted by molar-refractivity contribution is 7.88. The van der Waals surface area contributed by atoms with E-state index in [1.165, 1.54) is 22.8 Å². The summed E-state index contributed by atoms with van der Waals surface area (Å²) in [6, 6.07) is 5.94. The van der Waals surface area contributed by atoms with Gasteiger partial charge in [0.15, 0.2) is 4.80 Å². The van der Waals surface area contributed by atoms with E-state index in [-0.39, 0.29) is 19.0 Å². The number of hydrogen-bond acceptors (Lipinski definition) is 6. The molecule has 158 valence electrons. The number of hydrogen-bond donors (Lipinski definition) is 0. The smallest absolute Gasteiger partial charge is 0.325 e. The van der Waals surface area contributed by atoms with Crippen LogP contribution in [0.25, 0.3) is 10.2 Å². The molecule has 3 rings (SSSR count). The fourth-order valence-corrected chi connectivity index (χ4v) is 5.41. The number of sulfonamides is 1. The van der Waals surface area contributed by atoms with Crippen molar-refractivity contribution in [1.29, 1.82) is 0 Å². The van der Waals surface area contributed by atoms with Gasteiger partial charge in [0.2, 0.25) is 10.0 Å². The van der Waals surface area contributed by atoms with Crippen molar-refractivity contribution in [3.63, 3.8) is 0 Å². The minimum absolute atomic E-state index is 0.0474. The van der Waals surface area contributed by atoms with Gasteiger partial charge in [-0.2, -0.15) is 4.99 Å². The summed E-state index contributed by atoms with van der Waals surface area (Å²) in [5.41, 5.74) is 1.96. The number of rotatable bonds is 5. The molecule has 1 atom stereocenters. The lowest BCUT2D eigenvalue weighted by Crippen LogP contribution is -2.41. The van der Waals surface area contributed by atoms with Crippen molar-refractivity contribution in [3.05, 3.63) is 28.6 Å². The summed E-state index contributed by atoms with van der Waals surface area (Å²) in [7, 11) is -2.03. The molecule has 0 spiro atoms.